The van der Waals surface area contributed by atoms with E-state index in [-0.39, 0.29) is 10.8 Å². The van der Waals surface area contributed by atoms with Crippen LogP contribution in [-0.4, -0.2) is 25.8 Å². The predicted octanol–water partition coefficient (Wildman–Crippen LogP) is 3.35. The van der Waals surface area contributed by atoms with Crippen LogP contribution in [-0.2, 0) is 27.9 Å². The lowest BCUT2D eigenvalue weighted by atomic mass is 9.97. The molecule has 4 rings (SSSR count). The fourth-order valence-electron chi connectivity index (χ4n) is 3.75. The zero-order valence-electron chi connectivity index (χ0n) is 16.4. The molecular formula is C23H23N3O3S. The molecule has 0 fully saturated rings. The minimum atomic E-state index is -3.74. The number of primary sulfonamides is 1. The van der Waals surface area contributed by atoms with Gasteiger partial charge < -0.3 is 5.32 Å². The number of rotatable bonds is 5. The summed E-state index contributed by atoms with van der Waals surface area (Å²) < 4.78 is 22.7. The summed E-state index contributed by atoms with van der Waals surface area (Å²) in [6, 6.07) is 22.6. The molecule has 0 spiro atoms. The normalized spacial score (nSPS) is 13.8. The van der Waals surface area contributed by atoms with Crippen LogP contribution < -0.4 is 10.5 Å². The van der Waals surface area contributed by atoms with Gasteiger partial charge in [-0.25, -0.2) is 13.6 Å². The summed E-state index contributed by atoms with van der Waals surface area (Å²) in [5, 5.41) is 7.91. The first-order valence-corrected chi connectivity index (χ1v) is 11.3. The van der Waals surface area contributed by atoms with Crippen molar-refractivity contribution < 1.29 is 13.2 Å². The predicted molar refractivity (Wildman–Crippen MR) is 117 cm³/mol. The number of carbonyl (C=O) groups is 1. The largest absolute Gasteiger partial charge is 0.326 e. The summed E-state index contributed by atoms with van der Waals surface area (Å²) in [7, 11) is -3.74. The Bertz CT molecular complexity index is 1130. The van der Waals surface area contributed by atoms with Gasteiger partial charge in [-0.3, -0.25) is 9.69 Å². The Hall–Kier alpha value is -3.00. The second-order valence-electron chi connectivity index (χ2n) is 7.39. The zero-order valence-corrected chi connectivity index (χ0v) is 17.2. The third-order valence-electron chi connectivity index (χ3n) is 5.23. The van der Waals surface area contributed by atoms with Crippen molar-refractivity contribution in [2.75, 3.05) is 11.9 Å². The highest BCUT2D eigenvalue weighted by Crippen LogP contribution is 2.32. The topological polar surface area (TPSA) is 92.5 Å². The molecule has 0 radical (unpaired) electrons. The lowest BCUT2D eigenvalue weighted by Crippen LogP contribution is -2.26. The van der Waals surface area contributed by atoms with Gasteiger partial charge in [0.2, 0.25) is 15.9 Å². The SMILES string of the molecule is NS(=O)(=O)c1ccc(NC(=O)CCN2Cc3ccccc3-c3ccccc3C2)cc1. The van der Waals surface area contributed by atoms with Crippen molar-refractivity contribution in [2.24, 2.45) is 5.14 Å². The van der Waals surface area contributed by atoms with E-state index in [1.165, 1.54) is 46.5 Å². The van der Waals surface area contributed by atoms with Gasteiger partial charge in [-0.1, -0.05) is 48.5 Å². The fraction of sp³-hybridized carbons (Fsp3) is 0.174. The van der Waals surface area contributed by atoms with Crippen molar-refractivity contribution in [1.29, 1.82) is 0 Å². The van der Waals surface area contributed by atoms with Gasteiger partial charge in [-0.2, -0.15) is 0 Å². The van der Waals surface area contributed by atoms with E-state index in [1.54, 1.807) is 0 Å². The van der Waals surface area contributed by atoms with Crippen LogP contribution in [0.2, 0.25) is 0 Å². The number of anilines is 1. The smallest absolute Gasteiger partial charge is 0.238 e. The molecule has 1 aliphatic rings. The van der Waals surface area contributed by atoms with Crippen molar-refractivity contribution in [3.05, 3.63) is 83.9 Å². The number of nitrogens with zero attached hydrogens (tertiary/aromatic N) is 1. The minimum Gasteiger partial charge on any atom is -0.326 e. The molecule has 30 heavy (non-hydrogen) atoms. The lowest BCUT2D eigenvalue weighted by molar-refractivity contribution is -0.116. The quantitative estimate of drug-likeness (QED) is 0.661. The maximum absolute atomic E-state index is 12.4. The first-order valence-electron chi connectivity index (χ1n) is 9.71. The fourth-order valence-corrected chi connectivity index (χ4v) is 4.26. The molecule has 154 valence electrons. The lowest BCUT2D eigenvalue weighted by Gasteiger charge is -2.20. The van der Waals surface area contributed by atoms with E-state index in [9.17, 15) is 13.2 Å². The van der Waals surface area contributed by atoms with E-state index in [2.05, 4.69) is 46.6 Å². The van der Waals surface area contributed by atoms with E-state index < -0.39 is 10.0 Å². The second-order valence-corrected chi connectivity index (χ2v) is 8.95. The Balaban J connectivity index is 1.42. The number of nitrogens with two attached hydrogens (primary N) is 1. The van der Waals surface area contributed by atoms with E-state index in [4.69, 9.17) is 5.14 Å². The summed E-state index contributed by atoms with van der Waals surface area (Å²) in [5.41, 5.74) is 5.53. The third kappa shape index (κ3) is 4.59. The molecule has 0 saturated carbocycles. The first kappa shape index (κ1) is 20.3. The number of carbonyl (C=O) groups excluding carboxylic acids is 1. The first-order chi connectivity index (χ1) is 14.4. The van der Waals surface area contributed by atoms with Crippen LogP contribution in [0.4, 0.5) is 5.69 Å². The number of amides is 1. The van der Waals surface area contributed by atoms with Gasteiger partial charge in [0.1, 0.15) is 0 Å². The molecule has 3 aromatic rings. The second kappa shape index (κ2) is 8.39. The van der Waals surface area contributed by atoms with Crippen LogP contribution >= 0.6 is 0 Å². The van der Waals surface area contributed by atoms with Crippen molar-refractivity contribution in [3.63, 3.8) is 0 Å². The number of hydrogen-bond acceptors (Lipinski definition) is 4. The standard InChI is InChI=1S/C23H23N3O3S/c24-30(28,29)20-11-9-19(10-12-20)25-23(27)13-14-26-15-17-5-1-3-7-21(17)22-8-4-2-6-18(22)16-26/h1-12H,13-16H2,(H,25,27)(H2,24,28,29). The highest BCUT2D eigenvalue weighted by molar-refractivity contribution is 7.89. The number of nitrogens with one attached hydrogen (secondary N) is 1. The van der Waals surface area contributed by atoms with Crippen LogP contribution in [0.1, 0.15) is 17.5 Å². The molecule has 0 aromatic heterocycles. The summed E-state index contributed by atoms with van der Waals surface area (Å²) in [6.45, 7) is 2.17. The Morgan fingerprint density at radius 1 is 0.867 bits per heavy atom. The Kier molecular flexibility index (Phi) is 5.67. The molecule has 6 nitrogen and oxygen atoms in total. The Morgan fingerprint density at radius 2 is 1.40 bits per heavy atom. The van der Waals surface area contributed by atoms with Gasteiger partial charge in [0, 0.05) is 31.7 Å². The molecule has 3 aromatic carbocycles. The highest BCUT2D eigenvalue weighted by Gasteiger charge is 2.19. The zero-order chi connectivity index (χ0) is 21.1. The molecule has 7 heteroatoms. The van der Waals surface area contributed by atoms with Crippen molar-refractivity contribution >= 4 is 21.6 Å². The molecule has 1 aliphatic heterocycles. The molecule has 1 amide bonds. The summed E-state index contributed by atoms with van der Waals surface area (Å²) >= 11 is 0. The van der Waals surface area contributed by atoms with Gasteiger partial charge >= 0.3 is 0 Å². The number of fused-ring (bicyclic) bond motifs is 3. The van der Waals surface area contributed by atoms with E-state index in [1.807, 2.05) is 12.1 Å². The summed E-state index contributed by atoms with van der Waals surface area (Å²) in [4.78, 5) is 14.7. The molecule has 0 bridgehead atoms. The number of sulfonamides is 1. The van der Waals surface area contributed by atoms with E-state index >= 15 is 0 Å². The Morgan fingerprint density at radius 3 is 1.93 bits per heavy atom. The van der Waals surface area contributed by atoms with Gasteiger partial charge in [0.15, 0.2) is 0 Å². The van der Waals surface area contributed by atoms with Gasteiger partial charge in [-0.15, -0.1) is 0 Å². The maximum atomic E-state index is 12.4. The minimum absolute atomic E-state index is 0.0161. The van der Waals surface area contributed by atoms with E-state index in [0.29, 0.717) is 18.7 Å². The molecule has 0 atom stereocenters. The van der Waals surface area contributed by atoms with Crippen molar-refractivity contribution in [2.45, 2.75) is 24.4 Å². The monoisotopic (exact) mass is 421 g/mol. The molecule has 0 aliphatic carbocycles. The molecule has 0 unspecified atom stereocenters. The van der Waals surface area contributed by atoms with Crippen molar-refractivity contribution in [3.8, 4) is 11.1 Å². The van der Waals surface area contributed by atoms with E-state index in [0.717, 1.165) is 13.1 Å². The van der Waals surface area contributed by atoms with Crippen LogP contribution in [0.3, 0.4) is 0 Å². The molecule has 0 saturated heterocycles. The number of benzene rings is 3. The average Bonchev–Trinajstić information content (AvgIpc) is 2.88. The third-order valence-corrected chi connectivity index (χ3v) is 6.16. The molecule has 1 heterocycles. The van der Waals surface area contributed by atoms with Crippen molar-refractivity contribution in [1.82, 2.24) is 4.90 Å². The van der Waals surface area contributed by atoms with Gasteiger partial charge in [0.05, 0.1) is 4.90 Å². The molecular weight excluding hydrogens is 398 g/mol. The van der Waals surface area contributed by atoms with Crippen LogP contribution in [0.25, 0.3) is 11.1 Å². The summed E-state index contributed by atoms with van der Waals surface area (Å²) in [6.07, 6.45) is 0.335. The van der Waals surface area contributed by atoms with Crippen LogP contribution in [0.5, 0.6) is 0 Å². The Labute approximate surface area is 176 Å². The van der Waals surface area contributed by atoms with Gasteiger partial charge in [-0.05, 0) is 46.5 Å². The van der Waals surface area contributed by atoms with Crippen LogP contribution in [0, 0.1) is 0 Å². The van der Waals surface area contributed by atoms with Crippen LogP contribution in [0.15, 0.2) is 77.7 Å². The van der Waals surface area contributed by atoms with Gasteiger partial charge in [0.25, 0.3) is 0 Å². The average molecular weight is 422 g/mol. The number of hydrogen-bond donors (Lipinski definition) is 2. The maximum Gasteiger partial charge on any atom is 0.238 e. The highest BCUT2D eigenvalue weighted by atomic mass is 32.2. The summed E-state index contributed by atoms with van der Waals surface area (Å²) in [5.74, 6) is -0.121. The molecule has 3 N–H and O–H groups in total.